The number of nitrogens with two attached hydrogens (primary N) is 1. The smallest absolute Gasteiger partial charge is 0.233 e. The van der Waals surface area contributed by atoms with Gasteiger partial charge in [-0.1, -0.05) is 44.2 Å². The first kappa shape index (κ1) is 21.6. The third-order valence-electron chi connectivity index (χ3n) is 3.91. The van der Waals surface area contributed by atoms with E-state index in [9.17, 15) is 9.90 Å². The van der Waals surface area contributed by atoms with Crippen LogP contribution >= 0.6 is 0 Å². The first-order valence-electron chi connectivity index (χ1n) is 9.02. The van der Waals surface area contributed by atoms with Crippen molar-refractivity contribution < 1.29 is 14.7 Å². The zero-order valence-electron chi connectivity index (χ0n) is 16.2. The number of nitrogens with zero attached hydrogens (tertiary/aromatic N) is 1. The van der Waals surface area contributed by atoms with E-state index in [2.05, 4.69) is 13.8 Å². The van der Waals surface area contributed by atoms with Gasteiger partial charge >= 0.3 is 0 Å². The second-order valence-corrected chi connectivity index (χ2v) is 8.11. The van der Waals surface area contributed by atoms with Crippen LogP contribution in [0.1, 0.15) is 53.0 Å². The van der Waals surface area contributed by atoms with Crippen LogP contribution in [-0.2, 0) is 16.1 Å². The van der Waals surface area contributed by atoms with Gasteiger partial charge in [-0.25, -0.2) is 5.06 Å². The maximum Gasteiger partial charge on any atom is 0.233 e. The highest BCUT2D eigenvalue weighted by atomic mass is 16.7. The molecule has 1 aromatic carbocycles. The lowest BCUT2D eigenvalue weighted by Crippen LogP contribution is -2.46. The van der Waals surface area contributed by atoms with E-state index >= 15 is 0 Å². The van der Waals surface area contributed by atoms with Gasteiger partial charge in [0.1, 0.15) is 0 Å². The lowest BCUT2D eigenvalue weighted by Gasteiger charge is -2.35. The molecule has 3 atom stereocenters. The van der Waals surface area contributed by atoms with Crippen LogP contribution in [0, 0.1) is 5.92 Å². The summed E-state index contributed by atoms with van der Waals surface area (Å²) >= 11 is 0. The Balaban J connectivity index is 2.76. The van der Waals surface area contributed by atoms with Crippen LogP contribution in [0.2, 0.25) is 0 Å². The summed E-state index contributed by atoms with van der Waals surface area (Å²) in [5.41, 5.74) is 6.81. The molecular formula is C20H34N2O3. The fourth-order valence-corrected chi connectivity index (χ4v) is 2.82. The highest BCUT2D eigenvalue weighted by Crippen LogP contribution is 2.21. The van der Waals surface area contributed by atoms with Crippen molar-refractivity contribution in [2.45, 2.75) is 77.7 Å². The summed E-state index contributed by atoms with van der Waals surface area (Å²) in [7, 11) is 0. The minimum Gasteiger partial charge on any atom is -0.391 e. The number of amides is 1. The molecule has 25 heavy (non-hydrogen) atoms. The lowest BCUT2D eigenvalue weighted by molar-refractivity contribution is -0.237. The molecule has 0 aromatic heterocycles. The quantitative estimate of drug-likeness (QED) is 0.502. The molecule has 0 aliphatic rings. The van der Waals surface area contributed by atoms with Crippen LogP contribution in [0.15, 0.2) is 30.3 Å². The van der Waals surface area contributed by atoms with Gasteiger partial charge in [0.15, 0.2) is 0 Å². The number of hydroxylamine groups is 2. The average Bonchev–Trinajstić information content (AvgIpc) is 2.51. The number of aliphatic hydroxyl groups is 1. The molecule has 0 bridgehead atoms. The topological polar surface area (TPSA) is 75.8 Å². The molecule has 3 N–H and O–H groups in total. The number of benzene rings is 1. The molecule has 1 rings (SSSR count). The van der Waals surface area contributed by atoms with Gasteiger partial charge in [0.25, 0.3) is 0 Å². The second kappa shape index (κ2) is 9.90. The number of carbonyl (C=O) groups excluding carboxylic acids is 1. The van der Waals surface area contributed by atoms with Crippen molar-refractivity contribution in [2.75, 3.05) is 0 Å². The Bertz CT molecular complexity index is 499. The molecule has 5 heteroatoms. The standard InChI is InChI=1S/C20H34N2O3/c1-15(2)11-17(22(14-23)25-20(3,4)5)13-19(24)18(21)12-16-9-7-6-8-10-16/h6-10,14-15,17-19,24H,11-13,21H2,1-5H3/t17-,18-,19-/m0/s1. The van der Waals surface area contributed by atoms with E-state index in [0.717, 1.165) is 12.0 Å². The predicted octanol–water partition coefficient (Wildman–Crippen LogP) is 2.91. The predicted molar refractivity (Wildman–Crippen MR) is 101 cm³/mol. The van der Waals surface area contributed by atoms with E-state index in [1.807, 2.05) is 51.1 Å². The molecule has 0 saturated heterocycles. The van der Waals surface area contributed by atoms with Crippen molar-refractivity contribution in [3.05, 3.63) is 35.9 Å². The molecule has 0 unspecified atom stereocenters. The third kappa shape index (κ3) is 8.47. The van der Waals surface area contributed by atoms with E-state index in [0.29, 0.717) is 25.2 Å². The minimum absolute atomic E-state index is 0.214. The summed E-state index contributed by atoms with van der Waals surface area (Å²) in [6.45, 7) is 9.86. The van der Waals surface area contributed by atoms with Crippen molar-refractivity contribution in [2.24, 2.45) is 11.7 Å². The van der Waals surface area contributed by atoms with E-state index in [-0.39, 0.29) is 12.1 Å². The van der Waals surface area contributed by atoms with Crippen molar-refractivity contribution >= 4 is 6.41 Å². The highest BCUT2D eigenvalue weighted by Gasteiger charge is 2.28. The molecular weight excluding hydrogens is 316 g/mol. The van der Waals surface area contributed by atoms with Gasteiger partial charge in [0.2, 0.25) is 6.41 Å². The zero-order chi connectivity index (χ0) is 19.0. The van der Waals surface area contributed by atoms with Crippen LogP contribution in [0.4, 0.5) is 0 Å². The van der Waals surface area contributed by atoms with Crippen LogP contribution in [0.25, 0.3) is 0 Å². The molecule has 1 amide bonds. The van der Waals surface area contributed by atoms with Gasteiger partial charge in [-0.15, -0.1) is 0 Å². The fourth-order valence-electron chi connectivity index (χ4n) is 2.82. The maximum absolute atomic E-state index is 11.5. The molecule has 142 valence electrons. The average molecular weight is 351 g/mol. The van der Waals surface area contributed by atoms with Crippen LogP contribution < -0.4 is 5.73 Å². The number of hydrogen-bond donors (Lipinski definition) is 2. The molecule has 0 heterocycles. The summed E-state index contributed by atoms with van der Waals surface area (Å²) < 4.78 is 0. The maximum atomic E-state index is 11.5. The Labute approximate surface area is 152 Å². The molecule has 0 saturated carbocycles. The molecule has 0 aliphatic heterocycles. The molecule has 0 aliphatic carbocycles. The van der Waals surface area contributed by atoms with E-state index in [1.165, 1.54) is 5.06 Å². The van der Waals surface area contributed by atoms with Crippen LogP contribution in [0.5, 0.6) is 0 Å². The first-order valence-corrected chi connectivity index (χ1v) is 9.02. The number of carbonyl (C=O) groups is 1. The molecule has 0 spiro atoms. The summed E-state index contributed by atoms with van der Waals surface area (Å²) in [5.74, 6) is 0.369. The third-order valence-corrected chi connectivity index (χ3v) is 3.91. The van der Waals surface area contributed by atoms with Gasteiger partial charge in [-0.3, -0.25) is 9.63 Å². The Morgan fingerprint density at radius 3 is 2.28 bits per heavy atom. The van der Waals surface area contributed by atoms with Crippen molar-refractivity contribution in [1.82, 2.24) is 5.06 Å². The molecule has 0 fully saturated rings. The van der Waals surface area contributed by atoms with Crippen molar-refractivity contribution in [1.29, 1.82) is 0 Å². The summed E-state index contributed by atoms with van der Waals surface area (Å²) in [5, 5.41) is 11.9. The Morgan fingerprint density at radius 1 is 1.20 bits per heavy atom. The van der Waals surface area contributed by atoms with Crippen molar-refractivity contribution in [3.8, 4) is 0 Å². The summed E-state index contributed by atoms with van der Waals surface area (Å²) in [6.07, 6.45) is 1.71. The number of hydrogen-bond acceptors (Lipinski definition) is 4. The fraction of sp³-hybridized carbons (Fsp3) is 0.650. The van der Waals surface area contributed by atoms with E-state index < -0.39 is 11.7 Å². The summed E-state index contributed by atoms with van der Waals surface area (Å²) in [4.78, 5) is 17.3. The van der Waals surface area contributed by atoms with Crippen LogP contribution in [0.3, 0.4) is 0 Å². The van der Waals surface area contributed by atoms with Gasteiger partial charge in [0, 0.05) is 6.04 Å². The van der Waals surface area contributed by atoms with Gasteiger partial charge < -0.3 is 10.8 Å². The molecule has 5 nitrogen and oxygen atoms in total. The lowest BCUT2D eigenvalue weighted by atomic mass is 9.93. The van der Waals surface area contributed by atoms with Gasteiger partial charge in [-0.2, -0.15) is 0 Å². The normalized spacial score (nSPS) is 15.7. The Morgan fingerprint density at radius 2 is 1.80 bits per heavy atom. The number of rotatable bonds is 10. The minimum atomic E-state index is -0.713. The zero-order valence-corrected chi connectivity index (χ0v) is 16.2. The Kier molecular flexibility index (Phi) is 8.56. The van der Waals surface area contributed by atoms with E-state index in [4.69, 9.17) is 10.6 Å². The molecule has 1 aromatic rings. The molecule has 0 radical (unpaired) electrons. The van der Waals surface area contributed by atoms with E-state index in [1.54, 1.807) is 0 Å². The SMILES string of the molecule is CC(C)C[C@@H](C[C@H](O)[C@@H](N)Cc1ccccc1)N(C=O)OC(C)(C)C. The Hall–Kier alpha value is -1.43. The largest absolute Gasteiger partial charge is 0.391 e. The van der Waals surface area contributed by atoms with Gasteiger partial charge in [-0.05, 0) is 51.5 Å². The first-order chi connectivity index (χ1) is 11.6. The van der Waals surface area contributed by atoms with Crippen LogP contribution in [-0.4, -0.2) is 40.4 Å². The highest BCUT2D eigenvalue weighted by molar-refractivity contribution is 5.45. The number of aliphatic hydroxyl groups excluding tert-OH is 1. The van der Waals surface area contributed by atoms with Crippen molar-refractivity contribution in [3.63, 3.8) is 0 Å². The van der Waals surface area contributed by atoms with Gasteiger partial charge in [0.05, 0.1) is 17.7 Å². The second-order valence-electron chi connectivity index (χ2n) is 8.11. The summed E-state index contributed by atoms with van der Waals surface area (Å²) in [6, 6.07) is 9.27. The monoisotopic (exact) mass is 350 g/mol.